The van der Waals surface area contributed by atoms with Crippen molar-refractivity contribution in [1.29, 1.82) is 0 Å². The maximum absolute atomic E-state index is 12.6. The van der Waals surface area contributed by atoms with Gasteiger partial charge in [0.05, 0.1) is 28.9 Å². The fraction of sp³-hybridized carbons (Fsp3) is 0.467. The normalized spacial score (nSPS) is 20.0. The number of aryl methyl sites for hydroxylation is 1. The molecule has 2 aromatic heterocycles. The number of hydrogen-bond donors (Lipinski definition) is 3. The topological polar surface area (TPSA) is 108 Å². The number of carbonyl (C=O) groups excluding carboxylic acids is 2. The Kier molecular flexibility index (Phi) is 8.74. The SMILES string of the molecule is CC(=O)C1CCCCC1.CCC1CC(O)=CC(C(=O)Nc2cc3nc(-c4ccc(C)cc4)[nH]c3cn2)C1. The summed E-state index contributed by atoms with van der Waals surface area (Å²) in [5, 5.41) is 12.8. The predicted molar refractivity (Wildman–Crippen MR) is 147 cm³/mol. The smallest absolute Gasteiger partial charge is 0.232 e. The molecular weight excluding hydrogens is 464 g/mol. The number of carbonyl (C=O) groups is 2. The quantitative estimate of drug-likeness (QED) is 0.351. The number of ketones is 1. The third-order valence-corrected chi connectivity index (χ3v) is 7.52. The number of fused-ring (bicyclic) bond motifs is 1. The van der Waals surface area contributed by atoms with Crippen LogP contribution in [0.15, 0.2) is 48.4 Å². The van der Waals surface area contributed by atoms with Gasteiger partial charge in [-0.1, -0.05) is 62.4 Å². The van der Waals surface area contributed by atoms with Crippen LogP contribution in [0, 0.1) is 24.7 Å². The molecule has 0 bridgehead atoms. The van der Waals surface area contributed by atoms with E-state index in [1.165, 1.54) is 24.8 Å². The fourth-order valence-electron chi connectivity index (χ4n) is 5.15. The number of aromatic nitrogens is 3. The first kappa shape index (κ1) is 26.6. The van der Waals surface area contributed by atoms with E-state index >= 15 is 0 Å². The van der Waals surface area contributed by atoms with Gasteiger partial charge in [0.2, 0.25) is 5.91 Å². The number of aliphatic hydroxyl groups is 1. The van der Waals surface area contributed by atoms with Crippen LogP contribution in [0.5, 0.6) is 0 Å². The molecule has 1 fully saturated rings. The van der Waals surface area contributed by atoms with Gasteiger partial charge in [0.15, 0.2) is 0 Å². The van der Waals surface area contributed by atoms with Crippen molar-refractivity contribution >= 4 is 28.5 Å². The minimum atomic E-state index is -0.335. The molecule has 0 saturated heterocycles. The summed E-state index contributed by atoms with van der Waals surface area (Å²) in [6, 6.07) is 9.90. The second-order valence-corrected chi connectivity index (χ2v) is 10.5. The highest BCUT2D eigenvalue weighted by atomic mass is 16.3. The zero-order valence-corrected chi connectivity index (χ0v) is 22.1. The highest BCUT2D eigenvalue weighted by Crippen LogP contribution is 2.30. The summed E-state index contributed by atoms with van der Waals surface area (Å²) in [5.41, 5.74) is 3.75. The molecule has 0 spiro atoms. The van der Waals surface area contributed by atoms with Crippen LogP contribution in [-0.4, -0.2) is 31.7 Å². The monoisotopic (exact) mass is 502 g/mol. The highest BCUT2D eigenvalue weighted by Gasteiger charge is 2.26. The number of amides is 1. The zero-order valence-electron chi connectivity index (χ0n) is 22.1. The van der Waals surface area contributed by atoms with E-state index in [0.717, 1.165) is 48.1 Å². The third kappa shape index (κ3) is 7.06. The summed E-state index contributed by atoms with van der Waals surface area (Å²) in [6.45, 7) is 5.85. The van der Waals surface area contributed by atoms with Gasteiger partial charge >= 0.3 is 0 Å². The third-order valence-electron chi connectivity index (χ3n) is 7.52. The number of nitrogens with one attached hydrogen (secondary N) is 2. The number of Topliss-reactive ketones (excluding diaryl/α,β-unsaturated/α-hetero) is 1. The molecule has 7 nitrogen and oxygen atoms in total. The number of aromatic amines is 1. The average molecular weight is 503 g/mol. The second kappa shape index (κ2) is 12.2. The molecule has 7 heteroatoms. The summed E-state index contributed by atoms with van der Waals surface area (Å²) in [6.07, 6.45) is 11.8. The van der Waals surface area contributed by atoms with Crippen LogP contribution in [0.2, 0.25) is 0 Å². The number of benzene rings is 1. The van der Waals surface area contributed by atoms with E-state index in [1.54, 1.807) is 25.3 Å². The Morgan fingerprint density at radius 2 is 1.86 bits per heavy atom. The molecule has 0 aliphatic heterocycles. The van der Waals surface area contributed by atoms with Crippen LogP contribution in [0.1, 0.15) is 70.8 Å². The molecule has 2 unspecified atom stereocenters. The van der Waals surface area contributed by atoms with Crippen LogP contribution in [0.4, 0.5) is 5.82 Å². The first-order chi connectivity index (χ1) is 17.8. The summed E-state index contributed by atoms with van der Waals surface area (Å²) in [4.78, 5) is 35.7. The van der Waals surface area contributed by atoms with Gasteiger partial charge in [-0.3, -0.25) is 9.59 Å². The number of rotatable bonds is 5. The van der Waals surface area contributed by atoms with Gasteiger partial charge in [0, 0.05) is 24.0 Å². The van der Waals surface area contributed by atoms with Crippen molar-refractivity contribution in [1.82, 2.24) is 15.0 Å². The Morgan fingerprint density at radius 3 is 2.51 bits per heavy atom. The number of imidazole rings is 1. The summed E-state index contributed by atoms with van der Waals surface area (Å²) >= 11 is 0. The van der Waals surface area contributed by atoms with E-state index < -0.39 is 0 Å². The summed E-state index contributed by atoms with van der Waals surface area (Å²) in [7, 11) is 0. The van der Waals surface area contributed by atoms with Crippen molar-refractivity contribution in [3.63, 3.8) is 0 Å². The molecule has 1 aromatic carbocycles. The Hall–Kier alpha value is -3.48. The minimum absolute atomic E-state index is 0.147. The lowest BCUT2D eigenvalue weighted by atomic mass is 9.83. The van der Waals surface area contributed by atoms with Crippen molar-refractivity contribution < 1.29 is 14.7 Å². The maximum atomic E-state index is 12.6. The zero-order chi connectivity index (χ0) is 26.4. The van der Waals surface area contributed by atoms with Crippen LogP contribution in [0.25, 0.3) is 22.4 Å². The lowest BCUT2D eigenvalue weighted by Crippen LogP contribution is -2.27. The number of allylic oxidation sites excluding steroid dienone is 1. The molecule has 2 heterocycles. The molecule has 196 valence electrons. The van der Waals surface area contributed by atoms with Gasteiger partial charge in [-0.05, 0) is 45.1 Å². The second-order valence-electron chi connectivity index (χ2n) is 10.5. The van der Waals surface area contributed by atoms with E-state index in [4.69, 9.17) is 0 Å². The Bertz CT molecular complexity index is 1260. The molecule has 1 amide bonds. The lowest BCUT2D eigenvalue weighted by molar-refractivity contribution is -0.121. The van der Waals surface area contributed by atoms with Crippen LogP contribution >= 0.6 is 0 Å². The van der Waals surface area contributed by atoms with Gasteiger partial charge in [0.25, 0.3) is 0 Å². The number of pyridine rings is 1. The van der Waals surface area contributed by atoms with E-state index in [9.17, 15) is 14.7 Å². The van der Waals surface area contributed by atoms with Gasteiger partial charge in [-0.25, -0.2) is 9.97 Å². The Balaban J connectivity index is 0.000000301. The molecule has 2 aliphatic rings. The molecule has 2 aliphatic carbocycles. The number of nitrogens with zero attached hydrogens (tertiary/aromatic N) is 2. The Morgan fingerprint density at radius 1 is 1.14 bits per heavy atom. The first-order valence-electron chi connectivity index (χ1n) is 13.5. The van der Waals surface area contributed by atoms with Crippen molar-refractivity contribution in [2.24, 2.45) is 17.8 Å². The van der Waals surface area contributed by atoms with E-state index in [2.05, 4.69) is 27.2 Å². The van der Waals surface area contributed by atoms with Crippen LogP contribution in [0.3, 0.4) is 0 Å². The van der Waals surface area contributed by atoms with Gasteiger partial charge in [-0.2, -0.15) is 0 Å². The number of H-pyrrole nitrogens is 1. The van der Waals surface area contributed by atoms with Crippen molar-refractivity contribution in [3.05, 3.63) is 53.9 Å². The molecule has 5 rings (SSSR count). The average Bonchev–Trinajstić information content (AvgIpc) is 3.33. The van der Waals surface area contributed by atoms with Gasteiger partial charge in [-0.15, -0.1) is 0 Å². The van der Waals surface area contributed by atoms with Crippen LogP contribution < -0.4 is 5.32 Å². The van der Waals surface area contributed by atoms with Crippen LogP contribution in [-0.2, 0) is 9.59 Å². The van der Waals surface area contributed by atoms with Gasteiger partial charge in [0.1, 0.15) is 17.4 Å². The maximum Gasteiger partial charge on any atom is 0.232 e. The molecular formula is C30H38N4O3. The van der Waals surface area contributed by atoms with E-state index in [0.29, 0.717) is 35.6 Å². The first-order valence-corrected chi connectivity index (χ1v) is 13.5. The Labute approximate surface area is 218 Å². The fourth-order valence-corrected chi connectivity index (χ4v) is 5.15. The largest absolute Gasteiger partial charge is 0.513 e. The lowest BCUT2D eigenvalue weighted by Gasteiger charge is -2.24. The predicted octanol–water partition coefficient (Wildman–Crippen LogP) is 6.91. The number of hydrogen-bond acceptors (Lipinski definition) is 5. The molecule has 2 atom stereocenters. The molecule has 0 radical (unpaired) electrons. The molecule has 3 N–H and O–H groups in total. The summed E-state index contributed by atoms with van der Waals surface area (Å²) in [5.74, 6) is 2.20. The molecule has 3 aromatic rings. The van der Waals surface area contributed by atoms with E-state index in [1.807, 2.05) is 31.2 Å². The van der Waals surface area contributed by atoms with E-state index in [-0.39, 0.29) is 11.8 Å². The number of anilines is 1. The van der Waals surface area contributed by atoms with Crippen molar-refractivity contribution in [2.75, 3.05) is 5.32 Å². The van der Waals surface area contributed by atoms with Crippen molar-refractivity contribution in [2.45, 2.75) is 72.1 Å². The molecule has 1 saturated carbocycles. The highest BCUT2D eigenvalue weighted by molar-refractivity contribution is 5.94. The molecule has 37 heavy (non-hydrogen) atoms. The minimum Gasteiger partial charge on any atom is -0.513 e. The standard InChI is InChI=1S/C22H24N4O2.C8H14O/c1-3-14-8-16(10-17(27)9-14)22(28)26-20-11-18-19(12-23-20)25-21(24-18)15-6-4-13(2)5-7-15;1-7(9)8-5-3-2-4-6-8/h4-7,10-12,14,16,27H,3,8-9H2,1-2H3,(H,24,25)(H,23,26,28);8H,2-6H2,1H3. The van der Waals surface area contributed by atoms with Crippen molar-refractivity contribution in [3.8, 4) is 11.4 Å². The van der Waals surface area contributed by atoms with Gasteiger partial charge < -0.3 is 15.4 Å². The number of aliphatic hydroxyl groups excluding tert-OH is 1. The summed E-state index contributed by atoms with van der Waals surface area (Å²) < 4.78 is 0.